The molecule has 4 heteroatoms. The summed E-state index contributed by atoms with van der Waals surface area (Å²) in [6.07, 6.45) is 1.63. The van der Waals surface area contributed by atoms with Gasteiger partial charge in [0.1, 0.15) is 5.75 Å². The van der Waals surface area contributed by atoms with Gasteiger partial charge in [0, 0.05) is 23.7 Å². The molecule has 1 aromatic carbocycles. The van der Waals surface area contributed by atoms with Gasteiger partial charge in [0.15, 0.2) is 5.43 Å². The Kier molecular flexibility index (Phi) is 3.14. The van der Waals surface area contributed by atoms with Gasteiger partial charge in [-0.25, -0.2) is 0 Å². The highest BCUT2D eigenvalue weighted by Gasteiger charge is 1.98. The van der Waals surface area contributed by atoms with Crippen molar-refractivity contribution in [3.8, 4) is 5.75 Å². The van der Waals surface area contributed by atoms with Crippen LogP contribution in [0.15, 0.2) is 35.3 Å². The first-order chi connectivity index (χ1) is 6.31. The lowest BCUT2D eigenvalue weighted by Crippen LogP contribution is -1.99. The van der Waals surface area contributed by atoms with Crippen molar-refractivity contribution in [1.29, 1.82) is 0 Å². The lowest BCUT2D eigenvalue weighted by atomic mass is 10.2. The third-order valence-electron chi connectivity index (χ3n) is 1.97. The van der Waals surface area contributed by atoms with Crippen molar-refractivity contribution >= 4 is 23.3 Å². The van der Waals surface area contributed by atoms with Gasteiger partial charge in [0.05, 0.1) is 12.6 Å². The fraction of sp³-hybridized carbons (Fsp3) is 0.100. The second kappa shape index (κ2) is 4.15. The van der Waals surface area contributed by atoms with Crippen molar-refractivity contribution in [3.05, 3.63) is 40.7 Å². The van der Waals surface area contributed by atoms with Crippen LogP contribution >= 0.6 is 12.4 Å². The molecule has 0 saturated carbocycles. The molecule has 0 aliphatic carbocycles. The van der Waals surface area contributed by atoms with Crippen LogP contribution in [-0.2, 0) is 0 Å². The standard InChI is InChI=1S/C10H9NO2.ClH/c1-13-7-2-3-8-9(6-7)11-5-4-10(8)12;/h2-6H,1H3,(H,11,12);1H. The molecule has 2 aromatic rings. The van der Waals surface area contributed by atoms with E-state index in [1.807, 2.05) is 0 Å². The van der Waals surface area contributed by atoms with E-state index >= 15 is 0 Å². The van der Waals surface area contributed by atoms with Gasteiger partial charge >= 0.3 is 0 Å². The number of methoxy groups -OCH3 is 1. The summed E-state index contributed by atoms with van der Waals surface area (Å²) < 4.78 is 5.04. The average Bonchev–Trinajstić information content (AvgIpc) is 2.18. The molecule has 0 saturated heterocycles. The number of rotatable bonds is 1. The van der Waals surface area contributed by atoms with E-state index in [1.165, 1.54) is 6.07 Å². The first-order valence-corrected chi connectivity index (χ1v) is 3.97. The number of aromatic amines is 1. The number of aromatic nitrogens is 1. The van der Waals surface area contributed by atoms with Crippen molar-refractivity contribution in [2.24, 2.45) is 0 Å². The van der Waals surface area contributed by atoms with Crippen molar-refractivity contribution in [3.63, 3.8) is 0 Å². The Labute approximate surface area is 87.1 Å². The van der Waals surface area contributed by atoms with Crippen molar-refractivity contribution in [2.75, 3.05) is 7.11 Å². The van der Waals surface area contributed by atoms with Crippen LogP contribution in [0.2, 0.25) is 0 Å². The zero-order chi connectivity index (χ0) is 9.26. The topological polar surface area (TPSA) is 42.1 Å². The second-order valence-electron chi connectivity index (χ2n) is 2.75. The number of benzene rings is 1. The fourth-order valence-electron chi connectivity index (χ4n) is 1.28. The number of hydrogen-bond acceptors (Lipinski definition) is 2. The van der Waals surface area contributed by atoms with Crippen LogP contribution < -0.4 is 10.2 Å². The highest BCUT2D eigenvalue weighted by Crippen LogP contribution is 2.15. The van der Waals surface area contributed by atoms with Crippen molar-refractivity contribution in [2.45, 2.75) is 0 Å². The lowest BCUT2D eigenvalue weighted by molar-refractivity contribution is 0.415. The summed E-state index contributed by atoms with van der Waals surface area (Å²) in [4.78, 5) is 14.3. The van der Waals surface area contributed by atoms with Gasteiger partial charge < -0.3 is 9.72 Å². The van der Waals surface area contributed by atoms with Gasteiger partial charge in [0.2, 0.25) is 0 Å². The Morgan fingerprint density at radius 2 is 2.07 bits per heavy atom. The summed E-state index contributed by atoms with van der Waals surface area (Å²) in [5.41, 5.74) is 0.822. The molecular weight excluding hydrogens is 202 g/mol. The van der Waals surface area contributed by atoms with Crippen LogP contribution in [0.1, 0.15) is 0 Å². The first-order valence-electron chi connectivity index (χ1n) is 3.97. The molecule has 0 amide bonds. The molecule has 0 radical (unpaired) electrons. The predicted octanol–water partition coefficient (Wildman–Crippen LogP) is 1.96. The minimum Gasteiger partial charge on any atom is -0.497 e. The molecule has 1 N–H and O–H groups in total. The molecule has 0 atom stereocenters. The number of pyridine rings is 1. The summed E-state index contributed by atoms with van der Waals surface area (Å²) in [6.45, 7) is 0. The van der Waals surface area contributed by atoms with Crippen LogP contribution in [-0.4, -0.2) is 12.1 Å². The third-order valence-corrected chi connectivity index (χ3v) is 1.97. The Hall–Kier alpha value is -1.48. The van der Waals surface area contributed by atoms with E-state index in [1.54, 1.807) is 31.5 Å². The van der Waals surface area contributed by atoms with Gasteiger partial charge in [-0.1, -0.05) is 0 Å². The fourth-order valence-corrected chi connectivity index (χ4v) is 1.28. The highest BCUT2D eigenvalue weighted by molar-refractivity contribution is 5.85. The van der Waals surface area contributed by atoms with Crippen molar-refractivity contribution in [1.82, 2.24) is 4.98 Å². The number of H-pyrrole nitrogens is 1. The highest BCUT2D eigenvalue weighted by atomic mass is 35.5. The van der Waals surface area contributed by atoms with E-state index < -0.39 is 0 Å². The lowest BCUT2D eigenvalue weighted by Gasteiger charge is -2.00. The maximum Gasteiger partial charge on any atom is 0.189 e. The average molecular weight is 212 g/mol. The Morgan fingerprint density at radius 3 is 2.79 bits per heavy atom. The minimum atomic E-state index is 0. The summed E-state index contributed by atoms with van der Waals surface area (Å²) in [5, 5.41) is 0.684. The molecule has 3 nitrogen and oxygen atoms in total. The normalized spacial score (nSPS) is 9.50. The Bertz CT molecular complexity index is 493. The van der Waals surface area contributed by atoms with Crippen LogP contribution in [0.3, 0.4) is 0 Å². The Balaban J connectivity index is 0.000000980. The number of nitrogens with one attached hydrogen (secondary N) is 1. The molecule has 0 fully saturated rings. The maximum atomic E-state index is 11.3. The third kappa shape index (κ3) is 1.72. The monoisotopic (exact) mass is 211 g/mol. The summed E-state index contributed by atoms with van der Waals surface area (Å²) in [5.74, 6) is 0.745. The van der Waals surface area contributed by atoms with Crippen LogP contribution in [0.25, 0.3) is 10.9 Å². The molecule has 0 aliphatic rings. The van der Waals surface area contributed by atoms with Gasteiger partial charge in [-0.2, -0.15) is 0 Å². The van der Waals surface area contributed by atoms with Crippen LogP contribution in [0, 0.1) is 0 Å². The van der Waals surface area contributed by atoms with E-state index in [2.05, 4.69) is 4.98 Å². The van der Waals surface area contributed by atoms with Gasteiger partial charge in [-0.3, -0.25) is 4.79 Å². The molecule has 14 heavy (non-hydrogen) atoms. The smallest absolute Gasteiger partial charge is 0.189 e. The first kappa shape index (κ1) is 10.6. The molecule has 2 rings (SSSR count). The second-order valence-corrected chi connectivity index (χ2v) is 2.75. The Morgan fingerprint density at radius 1 is 1.29 bits per heavy atom. The number of ether oxygens (including phenoxy) is 1. The zero-order valence-corrected chi connectivity index (χ0v) is 8.43. The molecule has 1 aromatic heterocycles. The van der Waals surface area contributed by atoms with Gasteiger partial charge in [-0.05, 0) is 12.1 Å². The summed E-state index contributed by atoms with van der Waals surface area (Å²) in [7, 11) is 1.60. The van der Waals surface area contributed by atoms with E-state index in [-0.39, 0.29) is 17.8 Å². The van der Waals surface area contributed by atoms with E-state index in [0.717, 1.165) is 11.3 Å². The molecule has 0 unspecified atom stereocenters. The summed E-state index contributed by atoms with van der Waals surface area (Å²) in [6, 6.07) is 6.84. The number of fused-ring (bicyclic) bond motifs is 1. The van der Waals surface area contributed by atoms with E-state index in [0.29, 0.717) is 5.39 Å². The zero-order valence-electron chi connectivity index (χ0n) is 7.61. The molecular formula is C10H10ClNO2. The SMILES string of the molecule is COc1ccc2c(=O)cc[nH]c2c1.Cl. The minimum absolute atomic E-state index is 0. The predicted molar refractivity (Wildman–Crippen MR) is 58.4 cm³/mol. The molecule has 0 spiro atoms. The van der Waals surface area contributed by atoms with Crippen molar-refractivity contribution < 1.29 is 4.74 Å². The van der Waals surface area contributed by atoms with E-state index in [4.69, 9.17) is 4.74 Å². The van der Waals surface area contributed by atoms with Crippen LogP contribution in [0.5, 0.6) is 5.75 Å². The van der Waals surface area contributed by atoms with Gasteiger partial charge in [-0.15, -0.1) is 12.4 Å². The molecule has 74 valence electrons. The number of hydrogen-bond donors (Lipinski definition) is 1. The molecule has 1 heterocycles. The molecule has 0 bridgehead atoms. The number of halogens is 1. The quantitative estimate of drug-likeness (QED) is 0.784. The van der Waals surface area contributed by atoms with Gasteiger partial charge in [0.25, 0.3) is 0 Å². The molecule has 0 aliphatic heterocycles. The van der Waals surface area contributed by atoms with Crippen LogP contribution in [0.4, 0.5) is 0 Å². The largest absolute Gasteiger partial charge is 0.497 e. The van der Waals surface area contributed by atoms with E-state index in [9.17, 15) is 4.79 Å². The maximum absolute atomic E-state index is 11.3. The summed E-state index contributed by atoms with van der Waals surface area (Å²) >= 11 is 0.